The van der Waals surface area contributed by atoms with Crippen molar-refractivity contribution in [2.45, 2.75) is 37.9 Å². The van der Waals surface area contributed by atoms with Crippen LogP contribution in [-0.2, 0) is 11.2 Å². The summed E-state index contributed by atoms with van der Waals surface area (Å²) in [5.41, 5.74) is 0.864. The van der Waals surface area contributed by atoms with Crippen LogP contribution < -0.4 is 0 Å². The molecule has 0 N–H and O–H groups in total. The van der Waals surface area contributed by atoms with E-state index in [9.17, 15) is 5.26 Å². The predicted octanol–water partition coefficient (Wildman–Crippen LogP) is 3.34. The Bertz CT molecular complexity index is 464. The summed E-state index contributed by atoms with van der Waals surface area (Å²) in [6.07, 6.45) is 4.26. The fourth-order valence-corrected chi connectivity index (χ4v) is 3.24. The minimum absolute atomic E-state index is 0.133. The van der Waals surface area contributed by atoms with Crippen LogP contribution in [0.1, 0.15) is 24.8 Å². The van der Waals surface area contributed by atoms with Gasteiger partial charge in [-0.3, -0.25) is 0 Å². The van der Waals surface area contributed by atoms with Gasteiger partial charge in [-0.25, -0.2) is 0 Å². The molecule has 3 unspecified atom stereocenters. The summed E-state index contributed by atoms with van der Waals surface area (Å²) in [7, 11) is 0. The van der Waals surface area contributed by atoms with E-state index in [1.54, 1.807) is 0 Å². The van der Waals surface area contributed by atoms with Gasteiger partial charge in [0.05, 0.1) is 23.7 Å². The zero-order chi connectivity index (χ0) is 11.9. The van der Waals surface area contributed by atoms with E-state index >= 15 is 0 Å². The van der Waals surface area contributed by atoms with E-state index in [2.05, 4.69) is 6.07 Å². The minimum atomic E-state index is -0.309. The van der Waals surface area contributed by atoms with Gasteiger partial charge in [-0.2, -0.15) is 5.26 Å². The van der Waals surface area contributed by atoms with Crippen LogP contribution in [0.3, 0.4) is 0 Å². The fourth-order valence-electron chi connectivity index (χ4n) is 3.11. The standard InChI is InChI=1S/C14H14ClNO/c15-11-3-1-10(2-4-11)7-14(9-16)8-12-5-6-13(14)17-12/h1-4,12-13H,5-8H2. The fraction of sp³-hybridized carbons (Fsp3) is 0.500. The molecule has 0 aromatic heterocycles. The average Bonchev–Trinajstić information content (AvgIpc) is 2.93. The Labute approximate surface area is 106 Å². The van der Waals surface area contributed by atoms with E-state index in [-0.39, 0.29) is 11.5 Å². The van der Waals surface area contributed by atoms with Gasteiger partial charge in [0.2, 0.25) is 0 Å². The lowest BCUT2D eigenvalue weighted by molar-refractivity contribution is 0.0787. The lowest BCUT2D eigenvalue weighted by Gasteiger charge is -2.28. The SMILES string of the molecule is N#CC1(Cc2ccc(Cl)cc2)CC2CCC1O2. The highest BCUT2D eigenvalue weighted by atomic mass is 35.5. The molecule has 0 radical (unpaired) electrons. The number of hydrogen-bond donors (Lipinski definition) is 0. The Hall–Kier alpha value is -1.04. The van der Waals surface area contributed by atoms with Gasteiger partial charge in [0.25, 0.3) is 0 Å². The molecule has 88 valence electrons. The Balaban J connectivity index is 1.84. The van der Waals surface area contributed by atoms with E-state index in [1.807, 2.05) is 24.3 Å². The van der Waals surface area contributed by atoms with Gasteiger partial charge in [0.15, 0.2) is 0 Å². The van der Waals surface area contributed by atoms with Gasteiger partial charge in [0, 0.05) is 5.02 Å². The highest BCUT2D eigenvalue weighted by Gasteiger charge is 2.52. The first kappa shape index (κ1) is 11.1. The van der Waals surface area contributed by atoms with Crippen molar-refractivity contribution in [2.75, 3.05) is 0 Å². The number of rotatable bonds is 2. The Morgan fingerprint density at radius 3 is 2.65 bits per heavy atom. The maximum absolute atomic E-state index is 9.50. The zero-order valence-corrected chi connectivity index (χ0v) is 10.3. The van der Waals surface area contributed by atoms with Crippen molar-refractivity contribution >= 4 is 11.6 Å². The second-order valence-corrected chi connectivity index (χ2v) is 5.54. The van der Waals surface area contributed by atoms with E-state index in [0.29, 0.717) is 6.10 Å². The van der Waals surface area contributed by atoms with Gasteiger partial charge >= 0.3 is 0 Å². The molecule has 17 heavy (non-hydrogen) atoms. The molecule has 2 aliphatic rings. The van der Waals surface area contributed by atoms with Gasteiger partial charge in [-0.1, -0.05) is 23.7 Å². The molecule has 1 aromatic carbocycles. The molecule has 3 atom stereocenters. The van der Waals surface area contributed by atoms with Crippen LogP contribution in [0.2, 0.25) is 5.02 Å². The second kappa shape index (κ2) is 4.01. The van der Waals surface area contributed by atoms with E-state index in [0.717, 1.165) is 30.7 Å². The second-order valence-electron chi connectivity index (χ2n) is 5.10. The molecule has 2 nitrogen and oxygen atoms in total. The molecule has 2 bridgehead atoms. The molecule has 0 amide bonds. The topological polar surface area (TPSA) is 33.0 Å². The van der Waals surface area contributed by atoms with Crippen LogP contribution >= 0.6 is 11.6 Å². The highest BCUT2D eigenvalue weighted by molar-refractivity contribution is 6.30. The van der Waals surface area contributed by atoms with Crippen LogP contribution in [0.25, 0.3) is 0 Å². The predicted molar refractivity (Wildman–Crippen MR) is 65.7 cm³/mol. The third kappa shape index (κ3) is 1.84. The van der Waals surface area contributed by atoms with Crippen molar-refractivity contribution in [3.63, 3.8) is 0 Å². The van der Waals surface area contributed by atoms with Gasteiger partial charge in [-0.15, -0.1) is 0 Å². The summed E-state index contributed by atoms with van der Waals surface area (Å²) in [5, 5.41) is 10.2. The van der Waals surface area contributed by atoms with Crippen molar-refractivity contribution < 1.29 is 4.74 Å². The van der Waals surface area contributed by atoms with Crippen molar-refractivity contribution in [2.24, 2.45) is 5.41 Å². The third-order valence-corrected chi connectivity index (χ3v) is 4.22. The minimum Gasteiger partial charge on any atom is -0.373 e. The molecule has 2 fully saturated rings. The first-order valence-electron chi connectivity index (χ1n) is 6.03. The number of fused-ring (bicyclic) bond motifs is 2. The number of nitriles is 1. The Kier molecular flexibility index (Phi) is 2.61. The molecule has 0 spiro atoms. The Morgan fingerprint density at radius 2 is 2.12 bits per heavy atom. The molecule has 0 aliphatic carbocycles. The van der Waals surface area contributed by atoms with Crippen molar-refractivity contribution in [3.05, 3.63) is 34.9 Å². The van der Waals surface area contributed by atoms with Crippen molar-refractivity contribution in [1.29, 1.82) is 5.26 Å². The summed E-state index contributed by atoms with van der Waals surface area (Å²) < 4.78 is 5.83. The normalized spacial score (nSPS) is 34.8. The van der Waals surface area contributed by atoms with Crippen LogP contribution in [-0.4, -0.2) is 12.2 Å². The number of halogens is 1. The summed E-state index contributed by atoms with van der Waals surface area (Å²) in [5.74, 6) is 0. The smallest absolute Gasteiger partial charge is 0.0899 e. The van der Waals surface area contributed by atoms with Gasteiger partial charge < -0.3 is 4.74 Å². The molecule has 2 heterocycles. The number of ether oxygens (including phenoxy) is 1. The van der Waals surface area contributed by atoms with Crippen LogP contribution in [0, 0.1) is 16.7 Å². The molecular weight excluding hydrogens is 234 g/mol. The molecule has 3 heteroatoms. The van der Waals surface area contributed by atoms with E-state index < -0.39 is 0 Å². The zero-order valence-electron chi connectivity index (χ0n) is 9.53. The molecule has 2 saturated heterocycles. The molecule has 2 aliphatic heterocycles. The summed E-state index contributed by atoms with van der Waals surface area (Å²) in [4.78, 5) is 0. The Morgan fingerprint density at radius 1 is 1.35 bits per heavy atom. The van der Waals surface area contributed by atoms with E-state index in [4.69, 9.17) is 16.3 Å². The third-order valence-electron chi connectivity index (χ3n) is 3.97. The van der Waals surface area contributed by atoms with Crippen LogP contribution in [0.5, 0.6) is 0 Å². The van der Waals surface area contributed by atoms with Crippen LogP contribution in [0.15, 0.2) is 24.3 Å². The molecule has 0 saturated carbocycles. The van der Waals surface area contributed by atoms with Crippen molar-refractivity contribution in [3.8, 4) is 6.07 Å². The lowest BCUT2D eigenvalue weighted by atomic mass is 9.71. The summed E-state index contributed by atoms with van der Waals surface area (Å²) in [6.45, 7) is 0. The molecular formula is C14H14ClNO. The lowest BCUT2D eigenvalue weighted by Crippen LogP contribution is -2.33. The van der Waals surface area contributed by atoms with Gasteiger partial charge in [0.1, 0.15) is 0 Å². The first-order chi connectivity index (χ1) is 8.22. The number of nitrogens with zero attached hydrogens (tertiary/aromatic N) is 1. The average molecular weight is 248 g/mol. The maximum atomic E-state index is 9.50. The number of benzene rings is 1. The quantitative estimate of drug-likeness (QED) is 0.803. The highest BCUT2D eigenvalue weighted by Crippen LogP contribution is 2.49. The van der Waals surface area contributed by atoms with Gasteiger partial charge in [-0.05, 0) is 43.4 Å². The number of hydrogen-bond acceptors (Lipinski definition) is 2. The largest absolute Gasteiger partial charge is 0.373 e. The summed E-state index contributed by atoms with van der Waals surface area (Å²) in [6, 6.07) is 10.3. The first-order valence-corrected chi connectivity index (χ1v) is 6.41. The maximum Gasteiger partial charge on any atom is 0.0899 e. The monoisotopic (exact) mass is 247 g/mol. The van der Waals surface area contributed by atoms with E-state index in [1.165, 1.54) is 5.56 Å². The molecule has 3 rings (SSSR count). The molecule has 1 aromatic rings. The van der Waals surface area contributed by atoms with Crippen molar-refractivity contribution in [1.82, 2.24) is 0 Å². The van der Waals surface area contributed by atoms with Crippen LogP contribution in [0.4, 0.5) is 0 Å². The summed E-state index contributed by atoms with van der Waals surface area (Å²) >= 11 is 5.87.